The van der Waals surface area contributed by atoms with Crippen LogP contribution in [0.3, 0.4) is 0 Å². The molecule has 3 nitrogen and oxygen atoms in total. The summed E-state index contributed by atoms with van der Waals surface area (Å²) in [5, 5.41) is 8.83. The first-order valence-electron chi connectivity index (χ1n) is 2.76. The molecule has 54 valence electrons. The lowest BCUT2D eigenvalue weighted by molar-refractivity contribution is 0.277. The average molecular weight is 159 g/mol. The van der Waals surface area contributed by atoms with E-state index in [0.717, 1.165) is 0 Å². The smallest absolute Gasteiger partial charge is 0.152 e. The number of nitrogens with two attached hydrogens (primary N) is 1. The summed E-state index contributed by atoms with van der Waals surface area (Å²) >= 11 is 5.55. The fourth-order valence-corrected chi connectivity index (χ4v) is 0.742. The van der Waals surface area contributed by atoms with Crippen molar-refractivity contribution in [1.82, 2.24) is 4.98 Å². The van der Waals surface area contributed by atoms with E-state index in [2.05, 4.69) is 4.98 Å². The number of hydrogen-bond donors (Lipinski definition) is 2. The van der Waals surface area contributed by atoms with E-state index in [1.807, 2.05) is 0 Å². The number of nitrogens with zero attached hydrogens (tertiary/aromatic N) is 1. The number of anilines is 1. The van der Waals surface area contributed by atoms with Crippen LogP contribution in [0, 0.1) is 0 Å². The second-order valence-corrected chi connectivity index (χ2v) is 2.20. The Morgan fingerprint density at radius 1 is 1.60 bits per heavy atom. The molecule has 3 N–H and O–H groups in total. The van der Waals surface area contributed by atoms with E-state index in [9.17, 15) is 0 Å². The number of aromatic nitrogens is 1. The molecule has 0 aliphatic rings. The quantitative estimate of drug-likeness (QED) is 0.595. The normalized spacial score (nSPS) is 9.80. The van der Waals surface area contributed by atoms with Crippen molar-refractivity contribution in [2.75, 3.05) is 5.73 Å². The minimum atomic E-state index is -0.111. The third-order valence-corrected chi connectivity index (χ3v) is 1.40. The number of aliphatic hydroxyl groups is 1. The lowest BCUT2D eigenvalue weighted by Crippen LogP contribution is -1.93. The highest BCUT2D eigenvalue weighted by molar-refractivity contribution is 6.31. The van der Waals surface area contributed by atoms with Crippen LogP contribution in [0.25, 0.3) is 0 Å². The number of nitrogen functional groups attached to an aromatic ring is 1. The Morgan fingerprint density at radius 2 is 2.30 bits per heavy atom. The first kappa shape index (κ1) is 7.31. The Morgan fingerprint density at radius 3 is 2.80 bits per heavy atom. The van der Waals surface area contributed by atoms with Crippen LogP contribution in [0.2, 0.25) is 5.15 Å². The van der Waals surface area contributed by atoms with Gasteiger partial charge < -0.3 is 10.8 Å². The second kappa shape index (κ2) is 2.86. The molecule has 0 bridgehead atoms. The second-order valence-electron chi connectivity index (χ2n) is 1.84. The van der Waals surface area contributed by atoms with Gasteiger partial charge in [-0.2, -0.15) is 0 Å². The SMILES string of the molecule is Nc1ccc(CO)nc1Cl. The van der Waals surface area contributed by atoms with Gasteiger partial charge in [-0.05, 0) is 12.1 Å². The zero-order chi connectivity index (χ0) is 7.56. The van der Waals surface area contributed by atoms with E-state index in [4.69, 9.17) is 22.4 Å². The Kier molecular flexibility index (Phi) is 2.09. The highest BCUT2D eigenvalue weighted by Crippen LogP contribution is 2.14. The van der Waals surface area contributed by atoms with E-state index < -0.39 is 0 Å². The van der Waals surface area contributed by atoms with Crippen molar-refractivity contribution < 1.29 is 5.11 Å². The summed E-state index contributed by atoms with van der Waals surface area (Å²) in [4.78, 5) is 3.78. The number of pyridine rings is 1. The first-order valence-corrected chi connectivity index (χ1v) is 3.13. The molecule has 0 atom stereocenters. The average Bonchev–Trinajstić information content (AvgIpc) is 1.95. The number of halogens is 1. The number of hydrogen-bond acceptors (Lipinski definition) is 3. The lowest BCUT2D eigenvalue weighted by Gasteiger charge is -1.97. The van der Waals surface area contributed by atoms with Crippen molar-refractivity contribution >= 4 is 17.3 Å². The van der Waals surface area contributed by atoms with Gasteiger partial charge in [0.1, 0.15) is 0 Å². The van der Waals surface area contributed by atoms with Crippen molar-refractivity contribution in [3.05, 3.63) is 23.0 Å². The predicted molar refractivity (Wildman–Crippen MR) is 39.6 cm³/mol. The molecule has 4 heteroatoms. The van der Waals surface area contributed by atoms with Crippen LogP contribution in [0.4, 0.5) is 5.69 Å². The van der Waals surface area contributed by atoms with Crippen molar-refractivity contribution in [1.29, 1.82) is 0 Å². The summed E-state index contributed by atoms with van der Waals surface area (Å²) in [6.07, 6.45) is 0. The van der Waals surface area contributed by atoms with E-state index in [1.54, 1.807) is 12.1 Å². The van der Waals surface area contributed by atoms with Crippen LogP contribution in [0.15, 0.2) is 12.1 Å². The van der Waals surface area contributed by atoms with E-state index in [0.29, 0.717) is 11.4 Å². The molecular formula is C6H7ClN2O. The molecule has 1 heterocycles. The van der Waals surface area contributed by atoms with Crippen LogP contribution in [-0.2, 0) is 6.61 Å². The fraction of sp³-hybridized carbons (Fsp3) is 0.167. The molecule has 0 saturated carbocycles. The van der Waals surface area contributed by atoms with Crippen molar-refractivity contribution in [2.45, 2.75) is 6.61 Å². The topological polar surface area (TPSA) is 59.1 Å². The molecule has 0 amide bonds. The Balaban J connectivity index is 3.04. The highest BCUT2D eigenvalue weighted by Gasteiger charge is 1.97. The maximum Gasteiger partial charge on any atom is 0.152 e. The Labute approximate surface area is 63.5 Å². The first-order chi connectivity index (χ1) is 4.74. The number of rotatable bonds is 1. The van der Waals surface area contributed by atoms with Gasteiger partial charge in [0.2, 0.25) is 0 Å². The molecule has 10 heavy (non-hydrogen) atoms. The molecule has 1 rings (SSSR count). The maximum absolute atomic E-state index is 8.59. The highest BCUT2D eigenvalue weighted by atomic mass is 35.5. The summed E-state index contributed by atoms with van der Waals surface area (Å²) in [6.45, 7) is -0.111. The van der Waals surface area contributed by atoms with Crippen LogP contribution in [-0.4, -0.2) is 10.1 Å². The van der Waals surface area contributed by atoms with Crippen LogP contribution in [0.5, 0.6) is 0 Å². The van der Waals surface area contributed by atoms with Gasteiger partial charge in [-0.15, -0.1) is 0 Å². The molecule has 1 aromatic rings. The molecule has 0 aliphatic heterocycles. The van der Waals surface area contributed by atoms with E-state index >= 15 is 0 Å². The van der Waals surface area contributed by atoms with Gasteiger partial charge in [0.15, 0.2) is 5.15 Å². The van der Waals surface area contributed by atoms with Gasteiger partial charge in [0.25, 0.3) is 0 Å². The summed E-state index contributed by atoms with van der Waals surface area (Å²) in [5.41, 5.74) is 6.32. The van der Waals surface area contributed by atoms with Gasteiger partial charge >= 0.3 is 0 Å². The third kappa shape index (κ3) is 1.37. The fourth-order valence-electron chi connectivity index (χ4n) is 0.571. The lowest BCUT2D eigenvalue weighted by atomic mass is 10.3. The molecule has 0 fully saturated rings. The summed E-state index contributed by atoms with van der Waals surface area (Å²) < 4.78 is 0. The summed E-state index contributed by atoms with van der Waals surface area (Å²) in [6, 6.07) is 3.24. The van der Waals surface area contributed by atoms with Gasteiger partial charge in [-0.1, -0.05) is 11.6 Å². The van der Waals surface area contributed by atoms with Gasteiger partial charge in [-0.25, -0.2) is 4.98 Å². The zero-order valence-corrected chi connectivity index (χ0v) is 5.97. The van der Waals surface area contributed by atoms with Gasteiger partial charge in [0, 0.05) is 0 Å². The molecule has 0 spiro atoms. The van der Waals surface area contributed by atoms with Crippen LogP contribution in [0.1, 0.15) is 5.69 Å². The minimum absolute atomic E-state index is 0.111. The molecule has 0 aliphatic carbocycles. The minimum Gasteiger partial charge on any atom is -0.396 e. The van der Waals surface area contributed by atoms with Crippen LogP contribution < -0.4 is 5.73 Å². The van der Waals surface area contributed by atoms with Gasteiger partial charge in [-0.3, -0.25) is 0 Å². The standard InChI is InChI=1S/C6H7ClN2O/c7-6-5(8)2-1-4(3-10)9-6/h1-2,10H,3,8H2. The Bertz CT molecular complexity index is 239. The molecular weight excluding hydrogens is 152 g/mol. The van der Waals surface area contributed by atoms with E-state index in [-0.39, 0.29) is 11.8 Å². The van der Waals surface area contributed by atoms with Crippen molar-refractivity contribution in [3.63, 3.8) is 0 Å². The summed E-state index contributed by atoms with van der Waals surface area (Å²) in [7, 11) is 0. The molecule has 0 saturated heterocycles. The molecule has 0 aromatic carbocycles. The summed E-state index contributed by atoms with van der Waals surface area (Å²) in [5.74, 6) is 0. The number of aliphatic hydroxyl groups excluding tert-OH is 1. The molecule has 0 unspecified atom stereocenters. The third-order valence-electron chi connectivity index (χ3n) is 1.10. The van der Waals surface area contributed by atoms with Crippen molar-refractivity contribution in [2.24, 2.45) is 0 Å². The Hall–Kier alpha value is -0.800. The molecule has 1 aromatic heterocycles. The van der Waals surface area contributed by atoms with Gasteiger partial charge in [0.05, 0.1) is 18.0 Å². The zero-order valence-electron chi connectivity index (χ0n) is 5.21. The maximum atomic E-state index is 8.59. The monoisotopic (exact) mass is 158 g/mol. The van der Waals surface area contributed by atoms with Crippen molar-refractivity contribution in [3.8, 4) is 0 Å². The van der Waals surface area contributed by atoms with Crippen LogP contribution >= 0.6 is 11.6 Å². The molecule has 0 radical (unpaired) electrons. The van der Waals surface area contributed by atoms with E-state index in [1.165, 1.54) is 0 Å². The largest absolute Gasteiger partial charge is 0.396 e. The predicted octanol–water partition coefficient (Wildman–Crippen LogP) is 0.809.